The Morgan fingerprint density at radius 2 is 1.95 bits per heavy atom. The Kier molecular flexibility index (Phi) is 3.87. The molecule has 19 heavy (non-hydrogen) atoms. The van der Waals surface area contributed by atoms with E-state index in [0.29, 0.717) is 0 Å². The molecule has 0 saturated heterocycles. The molecule has 5 heteroatoms. The second kappa shape index (κ2) is 5.13. The lowest BCUT2D eigenvalue weighted by Crippen LogP contribution is -2.40. The Morgan fingerprint density at radius 1 is 1.32 bits per heavy atom. The van der Waals surface area contributed by atoms with Crippen LogP contribution >= 0.6 is 0 Å². The molecule has 1 aromatic rings. The highest BCUT2D eigenvalue weighted by Crippen LogP contribution is 2.43. The summed E-state index contributed by atoms with van der Waals surface area (Å²) in [5, 5.41) is 10.1. The van der Waals surface area contributed by atoms with Crippen LogP contribution in [0.4, 0.5) is 13.2 Å². The van der Waals surface area contributed by atoms with Gasteiger partial charge in [0.2, 0.25) is 0 Å². The van der Waals surface area contributed by atoms with Gasteiger partial charge in [-0.1, -0.05) is 18.2 Å². The molecule has 1 N–H and O–H groups in total. The molecule has 1 aliphatic carbocycles. The minimum atomic E-state index is -4.45. The number of aliphatic hydroxyl groups excluding tert-OH is 1. The van der Waals surface area contributed by atoms with Crippen molar-refractivity contribution in [3.63, 3.8) is 0 Å². The van der Waals surface area contributed by atoms with E-state index in [1.165, 1.54) is 18.2 Å². The third-order valence-corrected chi connectivity index (χ3v) is 3.89. The Balaban J connectivity index is 2.22. The maximum atomic E-state index is 12.9. The summed E-state index contributed by atoms with van der Waals surface area (Å²) >= 11 is 0. The normalized spacial score (nSPS) is 19.8. The average Bonchev–Trinajstić information content (AvgIpc) is 2.32. The molecule has 1 fully saturated rings. The lowest BCUT2D eigenvalue weighted by molar-refractivity contribution is -0.140. The predicted molar refractivity (Wildman–Crippen MR) is 64.6 cm³/mol. The Morgan fingerprint density at radius 3 is 2.42 bits per heavy atom. The van der Waals surface area contributed by atoms with E-state index in [0.717, 1.165) is 25.3 Å². The minimum Gasteiger partial charge on any atom is -0.388 e. The van der Waals surface area contributed by atoms with Gasteiger partial charge in [-0.05, 0) is 30.9 Å². The number of aliphatic hydroxyl groups is 1. The first kappa shape index (κ1) is 14.3. The first-order chi connectivity index (χ1) is 8.88. The number of benzene rings is 1. The van der Waals surface area contributed by atoms with Crippen molar-refractivity contribution in [2.45, 2.75) is 43.6 Å². The lowest BCUT2D eigenvalue weighted by atomic mass is 9.75. The zero-order chi connectivity index (χ0) is 14.1. The molecule has 1 aliphatic rings. The van der Waals surface area contributed by atoms with Crippen molar-refractivity contribution in [3.8, 4) is 0 Å². The van der Waals surface area contributed by atoms with Crippen molar-refractivity contribution in [1.29, 1.82) is 0 Å². The fraction of sp³-hybridized carbons (Fsp3) is 0.571. The van der Waals surface area contributed by atoms with Crippen LogP contribution in [-0.4, -0.2) is 17.8 Å². The monoisotopic (exact) mass is 274 g/mol. The molecule has 1 saturated carbocycles. The Labute approximate surface area is 110 Å². The average molecular weight is 274 g/mol. The van der Waals surface area contributed by atoms with E-state index >= 15 is 0 Å². The van der Waals surface area contributed by atoms with Gasteiger partial charge in [-0.2, -0.15) is 13.2 Å². The molecular weight excluding hydrogens is 257 g/mol. The summed E-state index contributed by atoms with van der Waals surface area (Å²) in [6.45, 7) is 0. The van der Waals surface area contributed by atoms with Crippen molar-refractivity contribution in [2.75, 3.05) is 7.11 Å². The maximum Gasteiger partial charge on any atom is 0.416 e. The molecule has 0 heterocycles. The number of halogens is 3. The van der Waals surface area contributed by atoms with Crippen LogP contribution in [0.15, 0.2) is 24.3 Å². The van der Waals surface area contributed by atoms with Gasteiger partial charge in [0, 0.05) is 13.5 Å². The van der Waals surface area contributed by atoms with E-state index < -0.39 is 23.4 Å². The summed E-state index contributed by atoms with van der Waals surface area (Å²) < 4.78 is 44.0. The van der Waals surface area contributed by atoms with Gasteiger partial charge >= 0.3 is 6.18 Å². The van der Waals surface area contributed by atoms with Crippen LogP contribution in [0.25, 0.3) is 0 Å². The van der Waals surface area contributed by atoms with Gasteiger partial charge < -0.3 is 9.84 Å². The molecular formula is C14H17F3O2. The van der Waals surface area contributed by atoms with E-state index in [4.69, 9.17) is 4.74 Å². The van der Waals surface area contributed by atoms with E-state index in [1.807, 2.05) is 0 Å². The molecule has 0 bridgehead atoms. The van der Waals surface area contributed by atoms with Crippen LogP contribution < -0.4 is 0 Å². The van der Waals surface area contributed by atoms with Crippen LogP contribution in [0.5, 0.6) is 0 Å². The Hall–Kier alpha value is -1.07. The maximum absolute atomic E-state index is 12.9. The van der Waals surface area contributed by atoms with E-state index in [2.05, 4.69) is 0 Å². The van der Waals surface area contributed by atoms with Crippen LogP contribution in [0.2, 0.25) is 0 Å². The summed E-state index contributed by atoms with van der Waals surface area (Å²) in [6, 6.07) is 5.16. The predicted octanol–water partition coefficient (Wildman–Crippen LogP) is 3.70. The molecule has 1 unspecified atom stereocenters. The van der Waals surface area contributed by atoms with E-state index in [1.54, 1.807) is 7.11 Å². The number of rotatable bonds is 4. The van der Waals surface area contributed by atoms with Gasteiger partial charge in [0.05, 0.1) is 17.3 Å². The highest BCUT2D eigenvalue weighted by molar-refractivity contribution is 5.31. The van der Waals surface area contributed by atoms with Crippen molar-refractivity contribution in [1.82, 2.24) is 0 Å². The van der Waals surface area contributed by atoms with Gasteiger partial charge in [-0.3, -0.25) is 0 Å². The van der Waals surface area contributed by atoms with Crippen molar-refractivity contribution in [3.05, 3.63) is 35.4 Å². The zero-order valence-corrected chi connectivity index (χ0v) is 10.7. The molecule has 0 aromatic heterocycles. The van der Waals surface area contributed by atoms with Crippen molar-refractivity contribution < 1.29 is 23.0 Å². The summed E-state index contributed by atoms with van der Waals surface area (Å²) in [5.41, 5.74) is -1.30. The quantitative estimate of drug-likeness (QED) is 0.907. The molecule has 106 valence electrons. The fourth-order valence-corrected chi connectivity index (χ4v) is 2.57. The van der Waals surface area contributed by atoms with Gasteiger partial charge in [0.15, 0.2) is 0 Å². The third-order valence-electron chi connectivity index (χ3n) is 3.89. The van der Waals surface area contributed by atoms with Gasteiger partial charge in [-0.15, -0.1) is 0 Å². The largest absolute Gasteiger partial charge is 0.416 e. The van der Waals surface area contributed by atoms with Crippen LogP contribution in [0.3, 0.4) is 0 Å². The molecule has 2 nitrogen and oxygen atoms in total. The van der Waals surface area contributed by atoms with Crippen molar-refractivity contribution in [2.24, 2.45) is 0 Å². The number of hydrogen-bond acceptors (Lipinski definition) is 2. The highest BCUT2D eigenvalue weighted by Gasteiger charge is 2.41. The van der Waals surface area contributed by atoms with Crippen LogP contribution in [0, 0.1) is 0 Å². The molecule has 0 spiro atoms. The molecule has 2 rings (SSSR count). The summed E-state index contributed by atoms with van der Waals surface area (Å²) in [4.78, 5) is 0. The van der Waals surface area contributed by atoms with Crippen LogP contribution in [0.1, 0.15) is 42.9 Å². The highest BCUT2D eigenvalue weighted by atomic mass is 19.4. The smallest absolute Gasteiger partial charge is 0.388 e. The standard InChI is InChI=1S/C14H17F3O2/c1-19-13(7-4-8-13)9-12(18)10-5-2-3-6-11(10)14(15,16)17/h2-3,5-6,12,18H,4,7-9H2,1H3. The zero-order valence-electron chi connectivity index (χ0n) is 10.7. The summed E-state index contributed by atoms with van der Waals surface area (Å²) in [7, 11) is 1.54. The molecule has 1 atom stereocenters. The minimum absolute atomic E-state index is 0.0710. The first-order valence-corrected chi connectivity index (χ1v) is 6.27. The fourth-order valence-electron chi connectivity index (χ4n) is 2.57. The van der Waals surface area contributed by atoms with Gasteiger partial charge in [0.1, 0.15) is 0 Å². The number of alkyl halides is 3. The molecule has 0 radical (unpaired) electrons. The second-order valence-electron chi connectivity index (χ2n) is 5.05. The topological polar surface area (TPSA) is 29.5 Å². The van der Waals surface area contributed by atoms with Crippen LogP contribution in [-0.2, 0) is 10.9 Å². The molecule has 0 aliphatic heterocycles. The van der Waals surface area contributed by atoms with E-state index in [9.17, 15) is 18.3 Å². The summed E-state index contributed by atoms with van der Waals surface area (Å²) in [5.74, 6) is 0. The third kappa shape index (κ3) is 2.92. The molecule has 0 amide bonds. The molecule has 1 aromatic carbocycles. The van der Waals surface area contributed by atoms with Crippen molar-refractivity contribution >= 4 is 0 Å². The van der Waals surface area contributed by atoms with Gasteiger partial charge in [0.25, 0.3) is 0 Å². The van der Waals surface area contributed by atoms with Gasteiger partial charge in [-0.25, -0.2) is 0 Å². The number of ether oxygens (including phenoxy) is 1. The number of hydrogen-bond donors (Lipinski definition) is 1. The number of methoxy groups -OCH3 is 1. The summed E-state index contributed by atoms with van der Waals surface area (Å²) in [6.07, 6.45) is -2.84. The second-order valence-corrected chi connectivity index (χ2v) is 5.05. The Bertz CT molecular complexity index is 433. The van der Waals surface area contributed by atoms with E-state index in [-0.39, 0.29) is 12.0 Å². The lowest BCUT2D eigenvalue weighted by Gasteiger charge is -2.42. The first-order valence-electron chi connectivity index (χ1n) is 6.27. The SMILES string of the molecule is COC1(CC(O)c2ccccc2C(F)(F)F)CCC1.